The van der Waals surface area contributed by atoms with E-state index in [1.165, 1.54) is 32.1 Å². The third-order valence-corrected chi connectivity index (χ3v) is 7.80. The third kappa shape index (κ3) is 2.34. The van der Waals surface area contributed by atoms with Crippen molar-refractivity contribution in [2.24, 2.45) is 23.7 Å². The second-order valence-corrected chi connectivity index (χ2v) is 9.99. The van der Waals surface area contributed by atoms with Gasteiger partial charge in [-0.2, -0.15) is 0 Å². The molecule has 0 spiro atoms. The zero-order chi connectivity index (χ0) is 19.9. The summed E-state index contributed by atoms with van der Waals surface area (Å²) in [5.41, 5.74) is 0.933. The molecule has 29 heavy (non-hydrogen) atoms. The highest BCUT2D eigenvalue weighted by atomic mass is 16.2. The minimum absolute atomic E-state index is 0.0667. The number of para-hydroxylation sites is 2. The van der Waals surface area contributed by atoms with Crippen molar-refractivity contribution in [2.75, 3.05) is 0 Å². The highest BCUT2D eigenvalue weighted by molar-refractivity contribution is 6.04. The summed E-state index contributed by atoms with van der Waals surface area (Å²) < 4.78 is 0. The summed E-state index contributed by atoms with van der Waals surface area (Å²) in [6, 6.07) is 7.71. The Balaban J connectivity index is 1.35. The van der Waals surface area contributed by atoms with Crippen LogP contribution in [0, 0.1) is 23.7 Å². The predicted octanol–water partition coefficient (Wildman–Crippen LogP) is 3.43. The van der Waals surface area contributed by atoms with E-state index in [0.717, 1.165) is 17.4 Å². The van der Waals surface area contributed by atoms with Gasteiger partial charge in [0.15, 0.2) is 0 Å². The van der Waals surface area contributed by atoms with Crippen LogP contribution < -0.4 is 0 Å². The molecule has 4 bridgehead atoms. The van der Waals surface area contributed by atoms with E-state index in [0.29, 0.717) is 23.0 Å². The summed E-state index contributed by atoms with van der Waals surface area (Å²) in [7, 11) is 0. The number of hydrazine groups is 1. The molecule has 6 heteroatoms. The maximum Gasteiger partial charge on any atom is 0.293 e. The lowest BCUT2D eigenvalue weighted by molar-refractivity contribution is -0.230. The van der Waals surface area contributed by atoms with Crippen LogP contribution in [0.3, 0.4) is 0 Å². The monoisotopic (exact) mass is 390 g/mol. The van der Waals surface area contributed by atoms with Crippen molar-refractivity contribution in [1.82, 2.24) is 20.0 Å². The second kappa shape index (κ2) is 5.77. The van der Waals surface area contributed by atoms with Crippen LogP contribution in [0.1, 0.15) is 56.4 Å². The number of hydrogen-bond acceptors (Lipinski definition) is 4. The molecule has 0 unspecified atom stereocenters. The Morgan fingerprint density at radius 3 is 2.28 bits per heavy atom. The van der Waals surface area contributed by atoms with E-state index in [1.54, 1.807) is 11.2 Å². The molecular weight excluding hydrogens is 364 g/mol. The third-order valence-electron chi connectivity index (χ3n) is 7.80. The molecule has 0 atom stereocenters. The van der Waals surface area contributed by atoms with Crippen molar-refractivity contribution in [3.8, 4) is 0 Å². The molecule has 0 radical (unpaired) electrons. The molecule has 1 saturated heterocycles. The van der Waals surface area contributed by atoms with Gasteiger partial charge in [0, 0.05) is 0 Å². The minimum atomic E-state index is -0.834. The Hall–Kier alpha value is -2.50. The molecule has 0 N–H and O–H groups in total. The van der Waals surface area contributed by atoms with Gasteiger partial charge in [-0.1, -0.05) is 12.1 Å². The van der Waals surface area contributed by atoms with Gasteiger partial charge in [0.1, 0.15) is 11.2 Å². The Labute approximate surface area is 170 Å². The Bertz CT molecular complexity index is 1000. The molecule has 1 aromatic carbocycles. The van der Waals surface area contributed by atoms with Gasteiger partial charge in [0.2, 0.25) is 0 Å². The number of rotatable bonds is 2. The average Bonchev–Trinajstić information content (AvgIpc) is 2.71. The summed E-state index contributed by atoms with van der Waals surface area (Å²) in [6.45, 7) is 3.68. The van der Waals surface area contributed by atoms with E-state index in [9.17, 15) is 9.59 Å². The smallest absolute Gasteiger partial charge is 0.270 e. The molecule has 2 heterocycles. The Morgan fingerprint density at radius 2 is 1.62 bits per heavy atom. The summed E-state index contributed by atoms with van der Waals surface area (Å²) >= 11 is 0. The molecule has 2 amide bonds. The van der Waals surface area contributed by atoms with Crippen LogP contribution in [-0.4, -0.2) is 43.4 Å². The van der Waals surface area contributed by atoms with E-state index >= 15 is 0 Å². The van der Waals surface area contributed by atoms with E-state index in [-0.39, 0.29) is 17.9 Å². The van der Waals surface area contributed by atoms with E-state index < -0.39 is 5.54 Å². The van der Waals surface area contributed by atoms with Crippen LogP contribution in [0.2, 0.25) is 0 Å². The van der Waals surface area contributed by atoms with Crippen LogP contribution in [0.15, 0.2) is 30.5 Å². The van der Waals surface area contributed by atoms with Crippen molar-refractivity contribution >= 4 is 22.8 Å². The highest BCUT2D eigenvalue weighted by Crippen LogP contribution is 2.57. The topological polar surface area (TPSA) is 66.4 Å². The summed E-state index contributed by atoms with van der Waals surface area (Å²) in [4.78, 5) is 35.6. The quantitative estimate of drug-likeness (QED) is 0.788. The van der Waals surface area contributed by atoms with Crippen LogP contribution in [-0.2, 0) is 4.79 Å². The van der Waals surface area contributed by atoms with Crippen molar-refractivity contribution < 1.29 is 9.59 Å². The van der Waals surface area contributed by atoms with Crippen molar-refractivity contribution in [3.63, 3.8) is 0 Å². The zero-order valence-electron chi connectivity index (χ0n) is 16.9. The largest absolute Gasteiger partial charge is 0.293 e. The SMILES string of the molecule is CC1(C)C(=O)N(C2C3CC4CC(C3)CC2C4)N1C(=O)c1cnc2ccccc2n1. The van der Waals surface area contributed by atoms with Crippen LogP contribution in [0.5, 0.6) is 0 Å². The van der Waals surface area contributed by atoms with Gasteiger partial charge in [-0.3, -0.25) is 14.6 Å². The maximum atomic E-state index is 13.5. The fraction of sp³-hybridized carbons (Fsp3) is 0.565. The van der Waals surface area contributed by atoms with Crippen LogP contribution in [0.4, 0.5) is 0 Å². The van der Waals surface area contributed by atoms with Crippen molar-refractivity contribution in [1.29, 1.82) is 0 Å². The molecule has 1 aliphatic heterocycles. The maximum absolute atomic E-state index is 13.5. The molecule has 5 aliphatic rings. The first-order valence-corrected chi connectivity index (χ1v) is 10.8. The molecule has 5 fully saturated rings. The molecule has 6 nitrogen and oxygen atoms in total. The van der Waals surface area contributed by atoms with Crippen molar-refractivity contribution in [2.45, 2.75) is 57.5 Å². The standard InChI is InChI=1S/C23H26N4O2/c1-23(2)22(29)26(20-15-8-13-7-14(10-15)11-16(20)9-13)27(23)21(28)19-12-24-17-5-3-4-6-18(17)25-19/h3-6,12-16,20H,7-11H2,1-2H3. The first-order valence-electron chi connectivity index (χ1n) is 10.8. The number of amides is 2. The molecule has 4 saturated carbocycles. The summed E-state index contributed by atoms with van der Waals surface area (Å²) in [5, 5.41) is 3.49. The number of hydrogen-bond donors (Lipinski definition) is 0. The van der Waals surface area contributed by atoms with Crippen molar-refractivity contribution in [3.05, 3.63) is 36.2 Å². The number of fused-ring (bicyclic) bond motifs is 1. The van der Waals surface area contributed by atoms with Gasteiger partial charge in [-0.05, 0) is 81.8 Å². The second-order valence-electron chi connectivity index (χ2n) is 9.99. The number of carbonyl (C=O) groups is 2. The van der Waals surface area contributed by atoms with Gasteiger partial charge in [-0.25, -0.2) is 15.0 Å². The van der Waals surface area contributed by atoms with E-state index in [4.69, 9.17) is 0 Å². The van der Waals surface area contributed by atoms with Gasteiger partial charge < -0.3 is 0 Å². The first kappa shape index (κ1) is 17.4. The molecule has 2 aromatic rings. The minimum Gasteiger partial charge on any atom is -0.270 e. The molecule has 150 valence electrons. The van der Waals surface area contributed by atoms with E-state index in [2.05, 4.69) is 9.97 Å². The average molecular weight is 390 g/mol. The Morgan fingerprint density at radius 1 is 1.00 bits per heavy atom. The number of aromatic nitrogens is 2. The fourth-order valence-electron chi connectivity index (χ4n) is 6.77. The zero-order valence-corrected chi connectivity index (χ0v) is 16.9. The first-order chi connectivity index (χ1) is 13.9. The Kier molecular flexibility index (Phi) is 3.46. The van der Waals surface area contributed by atoms with Gasteiger partial charge in [-0.15, -0.1) is 0 Å². The van der Waals surface area contributed by atoms with Gasteiger partial charge in [0.05, 0.1) is 23.3 Å². The number of benzene rings is 1. The highest BCUT2D eigenvalue weighted by Gasteiger charge is 2.62. The predicted molar refractivity (Wildman–Crippen MR) is 107 cm³/mol. The van der Waals surface area contributed by atoms with Gasteiger partial charge >= 0.3 is 0 Å². The fourth-order valence-corrected chi connectivity index (χ4v) is 6.77. The summed E-state index contributed by atoms with van der Waals surface area (Å²) in [5.74, 6) is 2.56. The lowest BCUT2D eigenvalue weighted by Gasteiger charge is -2.64. The number of carbonyl (C=O) groups excluding carboxylic acids is 2. The van der Waals surface area contributed by atoms with E-state index in [1.807, 2.05) is 43.1 Å². The lowest BCUT2D eigenvalue weighted by atomic mass is 9.53. The van der Waals surface area contributed by atoms with Crippen LogP contribution >= 0.6 is 0 Å². The molecular formula is C23H26N4O2. The molecule has 7 rings (SSSR count). The summed E-state index contributed by atoms with van der Waals surface area (Å²) in [6.07, 6.45) is 7.74. The number of nitrogens with zero attached hydrogens (tertiary/aromatic N) is 4. The van der Waals surface area contributed by atoms with Gasteiger partial charge in [0.25, 0.3) is 11.8 Å². The molecule has 4 aliphatic carbocycles. The molecule has 1 aromatic heterocycles. The van der Waals surface area contributed by atoms with Crippen LogP contribution in [0.25, 0.3) is 11.0 Å². The normalized spacial score (nSPS) is 34.6. The lowest BCUT2D eigenvalue weighted by Crippen LogP contribution is -2.80.